The van der Waals surface area contributed by atoms with E-state index in [2.05, 4.69) is 5.32 Å². The number of esters is 1. The molecule has 1 aromatic heterocycles. The van der Waals surface area contributed by atoms with Crippen molar-refractivity contribution in [2.45, 2.75) is 25.8 Å². The average Bonchev–Trinajstić information content (AvgIpc) is 3.05. The van der Waals surface area contributed by atoms with Gasteiger partial charge >= 0.3 is 5.97 Å². The molecule has 1 aromatic carbocycles. The van der Waals surface area contributed by atoms with Crippen LogP contribution in [-0.4, -0.2) is 18.5 Å². The number of amides is 1. The number of aryl methyl sites for hydroxylation is 1. The van der Waals surface area contributed by atoms with Gasteiger partial charge in [0.05, 0.1) is 18.7 Å². The predicted octanol–water partition coefficient (Wildman–Crippen LogP) is 2.63. The lowest BCUT2D eigenvalue weighted by atomic mass is 10.1. The summed E-state index contributed by atoms with van der Waals surface area (Å²) in [4.78, 5) is 23.3. The summed E-state index contributed by atoms with van der Waals surface area (Å²) in [5, 5.41) is 2.79. The number of benzene rings is 1. The van der Waals surface area contributed by atoms with Crippen LogP contribution >= 0.6 is 0 Å². The molecule has 0 saturated heterocycles. The number of carbonyl (C=O) groups is 2. The van der Waals surface area contributed by atoms with Gasteiger partial charge in [0.15, 0.2) is 6.61 Å². The molecule has 2 aromatic rings. The third-order valence-electron chi connectivity index (χ3n) is 3.20. The Morgan fingerprint density at radius 1 is 1.18 bits per heavy atom. The third-order valence-corrected chi connectivity index (χ3v) is 3.20. The lowest BCUT2D eigenvalue weighted by Crippen LogP contribution is -2.31. The van der Waals surface area contributed by atoms with E-state index in [0.717, 1.165) is 11.3 Å². The van der Waals surface area contributed by atoms with Gasteiger partial charge in [-0.1, -0.05) is 30.3 Å². The van der Waals surface area contributed by atoms with E-state index in [1.807, 2.05) is 37.3 Å². The molecule has 0 spiro atoms. The minimum Gasteiger partial charge on any atom is -0.469 e. The van der Waals surface area contributed by atoms with Crippen molar-refractivity contribution < 1.29 is 18.7 Å². The van der Waals surface area contributed by atoms with Gasteiger partial charge in [-0.25, -0.2) is 0 Å². The second kappa shape index (κ2) is 8.02. The third kappa shape index (κ3) is 5.09. The fourth-order valence-electron chi connectivity index (χ4n) is 2.01. The van der Waals surface area contributed by atoms with E-state index in [1.165, 1.54) is 0 Å². The van der Waals surface area contributed by atoms with Crippen LogP contribution in [0.5, 0.6) is 0 Å². The maximum Gasteiger partial charge on any atom is 0.306 e. The lowest BCUT2D eigenvalue weighted by Gasteiger charge is -2.14. The van der Waals surface area contributed by atoms with Crippen LogP contribution in [0.3, 0.4) is 0 Å². The number of carbonyl (C=O) groups excluding carboxylic acids is 2. The zero-order valence-electron chi connectivity index (χ0n) is 12.5. The second-order valence-electron chi connectivity index (χ2n) is 4.94. The van der Waals surface area contributed by atoms with Crippen LogP contribution in [0.1, 0.15) is 30.7 Å². The largest absolute Gasteiger partial charge is 0.469 e. The number of rotatable bonds is 7. The van der Waals surface area contributed by atoms with Crippen molar-refractivity contribution >= 4 is 11.9 Å². The Balaban J connectivity index is 1.67. The molecule has 0 bridgehead atoms. The summed E-state index contributed by atoms with van der Waals surface area (Å²) < 4.78 is 10.1. The first-order valence-corrected chi connectivity index (χ1v) is 7.17. The van der Waals surface area contributed by atoms with Gasteiger partial charge in [0.25, 0.3) is 5.91 Å². The van der Waals surface area contributed by atoms with Crippen LogP contribution in [0, 0.1) is 0 Å². The van der Waals surface area contributed by atoms with Gasteiger partial charge in [0.1, 0.15) is 5.76 Å². The average molecular weight is 301 g/mol. The molecular formula is C17H19NO4. The van der Waals surface area contributed by atoms with Crippen LogP contribution in [0.25, 0.3) is 0 Å². The topological polar surface area (TPSA) is 68.5 Å². The van der Waals surface area contributed by atoms with Gasteiger partial charge < -0.3 is 14.5 Å². The Morgan fingerprint density at radius 2 is 1.95 bits per heavy atom. The Hall–Kier alpha value is -2.56. The minimum absolute atomic E-state index is 0.129. The van der Waals surface area contributed by atoms with E-state index in [0.29, 0.717) is 6.42 Å². The maximum atomic E-state index is 11.8. The zero-order valence-corrected chi connectivity index (χ0v) is 12.5. The number of nitrogens with one attached hydrogen (secondary N) is 1. The van der Waals surface area contributed by atoms with Crippen LogP contribution in [0.2, 0.25) is 0 Å². The summed E-state index contributed by atoms with van der Waals surface area (Å²) in [6.45, 7) is 1.61. The molecule has 0 radical (unpaired) electrons. The predicted molar refractivity (Wildman–Crippen MR) is 81.0 cm³/mol. The molecule has 1 atom stereocenters. The Bertz CT molecular complexity index is 592. The van der Waals surface area contributed by atoms with Crippen molar-refractivity contribution in [3.63, 3.8) is 0 Å². The molecule has 5 nitrogen and oxygen atoms in total. The highest BCUT2D eigenvalue weighted by Gasteiger charge is 2.12. The Labute approximate surface area is 129 Å². The summed E-state index contributed by atoms with van der Waals surface area (Å²) in [7, 11) is 0. The van der Waals surface area contributed by atoms with Crippen LogP contribution in [0.4, 0.5) is 0 Å². The Kier molecular flexibility index (Phi) is 5.77. The fourth-order valence-corrected chi connectivity index (χ4v) is 2.01. The highest BCUT2D eigenvalue weighted by Crippen LogP contribution is 2.10. The summed E-state index contributed by atoms with van der Waals surface area (Å²) >= 11 is 0. The van der Waals surface area contributed by atoms with Crippen molar-refractivity contribution in [2.75, 3.05) is 6.61 Å². The monoisotopic (exact) mass is 301 g/mol. The van der Waals surface area contributed by atoms with Crippen LogP contribution < -0.4 is 5.32 Å². The molecule has 1 N–H and O–H groups in total. The molecule has 0 aliphatic carbocycles. The molecule has 116 valence electrons. The Morgan fingerprint density at radius 3 is 2.64 bits per heavy atom. The van der Waals surface area contributed by atoms with E-state index in [9.17, 15) is 9.59 Å². The molecule has 1 heterocycles. The van der Waals surface area contributed by atoms with Gasteiger partial charge in [0, 0.05) is 6.42 Å². The summed E-state index contributed by atoms with van der Waals surface area (Å²) in [5.74, 6) is -0.0132. The first-order valence-electron chi connectivity index (χ1n) is 7.17. The highest BCUT2D eigenvalue weighted by atomic mass is 16.5. The first kappa shape index (κ1) is 15.8. The lowest BCUT2D eigenvalue weighted by molar-refractivity contribution is -0.148. The standard InChI is InChI=1S/C17H19NO4/c1-13(14-6-3-2-4-7-14)18-16(19)12-22-17(20)10-9-15-8-5-11-21-15/h2-8,11,13H,9-10,12H2,1H3,(H,18,19)/t13-/m0/s1. The van der Waals surface area contributed by atoms with Gasteiger partial charge in [-0.3, -0.25) is 9.59 Å². The molecule has 2 rings (SSSR count). The minimum atomic E-state index is -0.418. The normalized spacial score (nSPS) is 11.7. The molecule has 1 amide bonds. The molecule has 22 heavy (non-hydrogen) atoms. The SMILES string of the molecule is C[C@H](NC(=O)COC(=O)CCc1ccco1)c1ccccc1. The summed E-state index contributed by atoms with van der Waals surface area (Å²) in [6.07, 6.45) is 2.21. The maximum absolute atomic E-state index is 11.8. The number of ether oxygens (including phenoxy) is 1. The van der Waals surface area contributed by atoms with Crippen LogP contribution in [-0.2, 0) is 20.7 Å². The molecule has 0 saturated carbocycles. The zero-order chi connectivity index (χ0) is 15.8. The van der Waals surface area contributed by atoms with Gasteiger partial charge in [-0.05, 0) is 24.6 Å². The van der Waals surface area contributed by atoms with E-state index in [4.69, 9.17) is 9.15 Å². The number of furan rings is 1. The molecule has 0 aliphatic heterocycles. The smallest absolute Gasteiger partial charge is 0.306 e. The summed E-state index contributed by atoms with van der Waals surface area (Å²) in [5.41, 5.74) is 1.000. The van der Waals surface area contributed by atoms with E-state index in [1.54, 1.807) is 18.4 Å². The first-order chi connectivity index (χ1) is 10.6. The number of hydrogen-bond acceptors (Lipinski definition) is 4. The molecule has 0 unspecified atom stereocenters. The van der Waals surface area contributed by atoms with E-state index < -0.39 is 5.97 Å². The van der Waals surface area contributed by atoms with Crippen molar-refractivity contribution in [3.8, 4) is 0 Å². The molecule has 5 heteroatoms. The van der Waals surface area contributed by atoms with Crippen molar-refractivity contribution in [1.82, 2.24) is 5.32 Å². The van der Waals surface area contributed by atoms with Gasteiger partial charge in [0.2, 0.25) is 0 Å². The van der Waals surface area contributed by atoms with E-state index in [-0.39, 0.29) is 25.0 Å². The second-order valence-corrected chi connectivity index (χ2v) is 4.94. The number of hydrogen-bond donors (Lipinski definition) is 1. The molecule has 0 fully saturated rings. The summed E-state index contributed by atoms with van der Waals surface area (Å²) in [6, 6.07) is 13.0. The van der Waals surface area contributed by atoms with Crippen molar-refractivity contribution in [1.29, 1.82) is 0 Å². The highest BCUT2D eigenvalue weighted by molar-refractivity contribution is 5.80. The quantitative estimate of drug-likeness (QED) is 0.798. The van der Waals surface area contributed by atoms with Gasteiger partial charge in [-0.2, -0.15) is 0 Å². The fraction of sp³-hybridized carbons (Fsp3) is 0.294. The van der Waals surface area contributed by atoms with Crippen LogP contribution in [0.15, 0.2) is 53.1 Å². The van der Waals surface area contributed by atoms with E-state index >= 15 is 0 Å². The molecular weight excluding hydrogens is 282 g/mol. The van der Waals surface area contributed by atoms with Crippen molar-refractivity contribution in [3.05, 3.63) is 60.1 Å². The molecule has 0 aliphatic rings. The van der Waals surface area contributed by atoms with Gasteiger partial charge in [-0.15, -0.1) is 0 Å². The van der Waals surface area contributed by atoms with Crippen molar-refractivity contribution in [2.24, 2.45) is 0 Å².